The molecule has 0 heterocycles. The topological polar surface area (TPSA) is 31.5 Å². The van der Waals surface area contributed by atoms with Gasteiger partial charge in [-0.25, -0.2) is 0 Å². The summed E-state index contributed by atoms with van der Waals surface area (Å²) in [5.74, 6) is 0. The van der Waals surface area contributed by atoms with Gasteiger partial charge in [0.2, 0.25) is 0 Å². The number of hydrogen-bond donors (Lipinski definition) is 0. The van der Waals surface area contributed by atoms with E-state index >= 15 is 0 Å². The number of hydrogen-bond acceptors (Lipinski definition) is 0. The van der Waals surface area contributed by atoms with Crippen LogP contribution in [-0.4, -0.2) is 69.8 Å². The van der Waals surface area contributed by atoms with Crippen LogP contribution in [-0.2, 0) is 21.7 Å². The molecule has 0 fully saturated rings. The Morgan fingerprint density at radius 2 is 1.00 bits per heavy atom. The Balaban J connectivity index is 0. The van der Waals surface area contributed by atoms with E-state index < -0.39 is 0 Å². The van der Waals surface area contributed by atoms with Crippen molar-refractivity contribution in [3.8, 4) is 0 Å². The van der Waals surface area contributed by atoms with Gasteiger partial charge < -0.3 is 5.48 Å². The van der Waals surface area contributed by atoms with E-state index in [1.165, 1.54) is 0 Å². The second kappa shape index (κ2) is 17.1. The molecule has 0 amide bonds. The summed E-state index contributed by atoms with van der Waals surface area (Å²) in [6, 6.07) is 0. The van der Waals surface area contributed by atoms with Crippen LogP contribution in [0, 0.1) is 0 Å². The molecule has 0 aromatic rings. The molecule has 0 unspecified atom stereocenters. The largest absolute Gasteiger partial charge is 0 e. The van der Waals surface area contributed by atoms with Crippen LogP contribution in [0.3, 0.4) is 0 Å². The van der Waals surface area contributed by atoms with Crippen molar-refractivity contribution in [2.24, 2.45) is 0 Å². The van der Waals surface area contributed by atoms with Crippen LogP contribution < -0.4 is 0 Å². The summed E-state index contributed by atoms with van der Waals surface area (Å²) in [6.07, 6.45) is 0. The predicted octanol–water partition coefficient (Wildman–Crippen LogP) is -2.39. The average Bonchev–Trinajstić information content (AvgIpc) is 0. The molecule has 4 heavy (non-hydrogen) atoms. The Bertz CT molecular complexity index is 8.00. The molecule has 0 aliphatic rings. The van der Waals surface area contributed by atoms with Gasteiger partial charge in [0.05, 0.1) is 0 Å². The summed E-state index contributed by atoms with van der Waals surface area (Å²) < 4.78 is 0. The van der Waals surface area contributed by atoms with Crippen LogP contribution in [0.25, 0.3) is 0 Å². The van der Waals surface area contributed by atoms with Crippen LogP contribution >= 0.6 is 0 Å². The fraction of sp³-hybridized carbons (Fsp3) is 0. The molecule has 1 nitrogen and oxygen atoms in total. The maximum Gasteiger partial charge on any atom is 0 e. The van der Waals surface area contributed by atoms with E-state index in [2.05, 4.69) is 0 Å². The zero-order chi connectivity index (χ0) is 0. The molecule has 0 bridgehead atoms. The molecule has 0 aromatic carbocycles. The van der Waals surface area contributed by atoms with Crippen LogP contribution in [0.2, 0.25) is 0 Å². The smallest absolute Gasteiger partial charge is 0 e. The molecule has 2 N–H and O–H groups in total. The summed E-state index contributed by atoms with van der Waals surface area (Å²) in [5, 5.41) is 0. The van der Waals surface area contributed by atoms with Gasteiger partial charge in [0, 0.05) is 21.7 Å². The third kappa shape index (κ3) is 8.83. The van der Waals surface area contributed by atoms with Gasteiger partial charge in [-0.1, -0.05) is 0 Å². The average molecular weight is 163 g/mol. The van der Waals surface area contributed by atoms with Crippen LogP contribution in [0.15, 0.2) is 0 Å². The van der Waals surface area contributed by atoms with Gasteiger partial charge in [-0.2, -0.15) is 0 Å². The van der Waals surface area contributed by atoms with Crippen molar-refractivity contribution in [3.05, 3.63) is 0 Å². The summed E-state index contributed by atoms with van der Waals surface area (Å²) in [4.78, 5) is 0. The molecular formula is H5LiOSrTi. The summed E-state index contributed by atoms with van der Waals surface area (Å²) in [7, 11) is 0. The Morgan fingerprint density at radius 3 is 1.00 bits per heavy atom. The van der Waals surface area contributed by atoms with Gasteiger partial charge in [0.15, 0.2) is 0 Å². The van der Waals surface area contributed by atoms with Crippen LogP contribution in [0.4, 0.5) is 0 Å². The van der Waals surface area contributed by atoms with E-state index in [4.69, 9.17) is 0 Å². The van der Waals surface area contributed by atoms with Gasteiger partial charge in [0.25, 0.3) is 0 Å². The van der Waals surface area contributed by atoms with E-state index in [0.29, 0.717) is 0 Å². The maximum absolute atomic E-state index is 0. The minimum Gasteiger partial charge on any atom is 0 e. The Hall–Kier alpha value is 2.75. The summed E-state index contributed by atoms with van der Waals surface area (Å²) >= 11 is 0. The molecule has 0 atom stereocenters. The minimum absolute atomic E-state index is 0. The van der Waals surface area contributed by atoms with E-state index in [1.807, 2.05) is 0 Å². The standard InChI is InChI=1S/Li.H2O.Sr.Ti.3H/h;1H2;;;;;. The van der Waals surface area contributed by atoms with Crippen molar-refractivity contribution in [2.75, 3.05) is 0 Å². The number of rotatable bonds is 0. The third-order valence-electron chi connectivity index (χ3n) is 0. The van der Waals surface area contributed by atoms with Crippen molar-refractivity contribution in [1.29, 1.82) is 0 Å². The predicted molar refractivity (Wildman–Crippen MR) is 19.3 cm³/mol. The second-order valence-corrected chi connectivity index (χ2v) is 0. The fourth-order valence-electron chi connectivity index (χ4n) is 0. The summed E-state index contributed by atoms with van der Waals surface area (Å²) in [6.45, 7) is 0. The first-order chi connectivity index (χ1) is 0. The molecule has 0 aromatic heterocycles. The van der Waals surface area contributed by atoms with Crippen LogP contribution in [0.5, 0.6) is 0 Å². The van der Waals surface area contributed by atoms with Crippen molar-refractivity contribution in [1.82, 2.24) is 0 Å². The van der Waals surface area contributed by atoms with Crippen molar-refractivity contribution >= 4 is 64.3 Å². The van der Waals surface area contributed by atoms with E-state index in [9.17, 15) is 0 Å². The van der Waals surface area contributed by atoms with Gasteiger partial charge in [-0.3, -0.25) is 0 Å². The Kier molecular flexibility index (Phi) is 126. The molecule has 0 saturated carbocycles. The van der Waals surface area contributed by atoms with E-state index in [1.54, 1.807) is 0 Å². The van der Waals surface area contributed by atoms with Crippen LogP contribution in [0.1, 0.15) is 0 Å². The third-order valence-corrected chi connectivity index (χ3v) is 0. The molecule has 0 radical (unpaired) electrons. The van der Waals surface area contributed by atoms with Crippen molar-refractivity contribution in [2.45, 2.75) is 0 Å². The molecule has 0 aliphatic heterocycles. The van der Waals surface area contributed by atoms with Gasteiger partial charge in [0.1, 0.15) is 0 Å². The fourth-order valence-corrected chi connectivity index (χ4v) is 0. The first-order valence-electron chi connectivity index (χ1n) is 0. The molecule has 0 rings (SSSR count). The monoisotopic (exact) mass is 164 g/mol. The van der Waals surface area contributed by atoms with E-state index in [-0.39, 0.29) is 91.5 Å². The molecule has 4 heteroatoms. The molecule has 0 spiro atoms. The Labute approximate surface area is 89.5 Å². The summed E-state index contributed by atoms with van der Waals surface area (Å²) in [5.41, 5.74) is 0. The van der Waals surface area contributed by atoms with Gasteiger partial charge in [-0.15, -0.1) is 0 Å². The minimum atomic E-state index is 0. The molecule has 0 aliphatic carbocycles. The maximum atomic E-state index is 0. The SMILES string of the molecule is O.[LiH].[SrH2].[Ti]. The second-order valence-electron chi connectivity index (χ2n) is 0. The Morgan fingerprint density at radius 1 is 1.00 bits per heavy atom. The van der Waals surface area contributed by atoms with Crippen molar-refractivity contribution in [3.63, 3.8) is 0 Å². The zero-order valence-corrected chi connectivity index (χ0v) is 2.56. The molecular weight excluding hydrogens is 158 g/mol. The first kappa shape index (κ1) is 29.5. The van der Waals surface area contributed by atoms with E-state index in [0.717, 1.165) is 0 Å². The molecule has 0 saturated heterocycles. The molecule has 18 valence electrons. The van der Waals surface area contributed by atoms with Gasteiger partial charge >= 0.3 is 64.3 Å². The first-order valence-corrected chi connectivity index (χ1v) is 0. The normalized spacial score (nSPS) is 0. The van der Waals surface area contributed by atoms with Crippen molar-refractivity contribution < 1.29 is 27.2 Å². The quantitative estimate of drug-likeness (QED) is 0.357. The zero-order valence-electron chi connectivity index (χ0n) is 1.00. The van der Waals surface area contributed by atoms with Gasteiger partial charge in [-0.05, 0) is 0 Å².